The van der Waals surface area contributed by atoms with Gasteiger partial charge in [0.1, 0.15) is 23.1 Å². The lowest BCUT2D eigenvalue weighted by molar-refractivity contribution is 0.0696. The first-order valence-corrected chi connectivity index (χ1v) is 6.30. The van der Waals surface area contributed by atoms with Gasteiger partial charge in [-0.25, -0.2) is 14.8 Å². The molecule has 0 aliphatic carbocycles. The quantitative estimate of drug-likeness (QED) is 0.877. The molecule has 2 rings (SSSR count). The first kappa shape index (κ1) is 14.3. The van der Waals surface area contributed by atoms with Gasteiger partial charge in [-0.15, -0.1) is 0 Å². The molecule has 104 valence electrons. The molecule has 20 heavy (non-hydrogen) atoms. The van der Waals surface area contributed by atoms with Crippen molar-refractivity contribution < 1.29 is 14.6 Å². The molecule has 0 saturated heterocycles. The summed E-state index contributed by atoms with van der Waals surface area (Å²) < 4.78 is 5.63. The number of aromatic nitrogens is 2. The van der Waals surface area contributed by atoms with Gasteiger partial charge in [0.05, 0.1) is 0 Å². The van der Waals surface area contributed by atoms with Gasteiger partial charge in [0.2, 0.25) is 0 Å². The van der Waals surface area contributed by atoms with Crippen molar-refractivity contribution in [2.45, 2.75) is 20.5 Å². The van der Waals surface area contributed by atoms with E-state index in [0.717, 1.165) is 16.9 Å². The van der Waals surface area contributed by atoms with E-state index in [-0.39, 0.29) is 17.3 Å². The highest BCUT2D eigenvalue weighted by Gasteiger charge is 2.12. The molecule has 5 nitrogen and oxygen atoms in total. The Bertz CT molecular complexity index is 659. The molecule has 0 spiro atoms. The third-order valence-corrected chi connectivity index (χ3v) is 3.22. The van der Waals surface area contributed by atoms with Crippen molar-refractivity contribution in [1.29, 1.82) is 0 Å². The number of carboxylic acid groups (broad SMARTS) is 1. The Labute approximate surface area is 121 Å². The highest BCUT2D eigenvalue weighted by molar-refractivity contribution is 6.32. The largest absolute Gasteiger partial charge is 0.485 e. The highest BCUT2D eigenvalue weighted by atomic mass is 35.5. The van der Waals surface area contributed by atoms with E-state index in [4.69, 9.17) is 21.4 Å². The predicted molar refractivity (Wildman–Crippen MR) is 74.2 cm³/mol. The normalized spacial score (nSPS) is 10.3. The number of carboxylic acids is 1. The second-order valence-electron chi connectivity index (χ2n) is 4.28. The summed E-state index contributed by atoms with van der Waals surface area (Å²) in [6, 6.07) is 5.76. The molecule has 0 bridgehead atoms. The molecular formula is C14H13ClN2O3. The summed E-state index contributed by atoms with van der Waals surface area (Å²) in [7, 11) is 0. The number of halogens is 1. The van der Waals surface area contributed by atoms with Crippen molar-refractivity contribution in [2.75, 3.05) is 0 Å². The van der Waals surface area contributed by atoms with Crippen LogP contribution >= 0.6 is 11.6 Å². The van der Waals surface area contributed by atoms with Crippen LogP contribution in [-0.4, -0.2) is 21.0 Å². The Morgan fingerprint density at radius 1 is 1.40 bits per heavy atom. The Kier molecular flexibility index (Phi) is 4.20. The van der Waals surface area contributed by atoms with Crippen LogP contribution in [0.4, 0.5) is 0 Å². The average molecular weight is 293 g/mol. The lowest BCUT2D eigenvalue weighted by Gasteiger charge is -2.10. The fourth-order valence-electron chi connectivity index (χ4n) is 1.63. The monoisotopic (exact) mass is 292 g/mol. The number of rotatable bonds is 4. The Balaban J connectivity index is 2.13. The second kappa shape index (κ2) is 5.88. The average Bonchev–Trinajstić information content (AvgIpc) is 2.40. The van der Waals surface area contributed by atoms with Crippen LogP contribution in [0.2, 0.25) is 5.15 Å². The molecule has 1 aromatic heterocycles. The molecule has 0 amide bonds. The number of ether oxygens (including phenoxy) is 1. The van der Waals surface area contributed by atoms with Gasteiger partial charge in [-0.05, 0) is 31.0 Å². The van der Waals surface area contributed by atoms with Crippen molar-refractivity contribution in [3.05, 3.63) is 52.1 Å². The predicted octanol–water partition coefficient (Wildman–Crippen LogP) is 3.02. The summed E-state index contributed by atoms with van der Waals surface area (Å²) in [5.41, 5.74) is 2.05. The fourth-order valence-corrected chi connectivity index (χ4v) is 1.86. The van der Waals surface area contributed by atoms with Crippen LogP contribution in [0.15, 0.2) is 24.4 Å². The molecule has 6 heteroatoms. The molecule has 0 atom stereocenters. The summed E-state index contributed by atoms with van der Waals surface area (Å²) in [6.45, 7) is 4.09. The van der Waals surface area contributed by atoms with Crippen molar-refractivity contribution >= 4 is 17.6 Å². The van der Waals surface area contributed by atoms with E-state index in [1.54, 1.807) is 0 Å². The van der Waals surface area contributed by atoms with E-state index >= 15 is 0 Å². The maximum absolute atomic E-state index is 10.8. The number of carbonyl (C=O) groups is 1. The van der Waals surface area contributed by atoms with E-state index in [1.807, 2.05) is 32.0 Å². The van der Waals surface area contributed by atoms with Gasteiger partial charge in [0.15, 0.2) is 5.82 Å². The van der Waals surface area contributed by atoms with Crippen LogP contribution in [0.1, 0.15) is 27.3 Å². The zero-order valence-corrected chi connectivity index (χ0v) is 11.8. The number of nitrogens with zero attached hydrogens (tertiary/aromatic N) is 2. The third-order valence-electron chi connectivity index (χ3n) is 2.93. The van der Waals surface area contributed by atoms with Crippen molar-refractivity contribution in [1.82, 2.24) is 9.97 Å². The minimum absolute atomic E-state index is 0.0907. The first-order valence-electron chi connectivity index (χ1n) is 5.92. The molecule has 0 radical (unpaired) electrons. The van der Waals surface area contributed by atoms with Crippen LogP contribution < -0.4 is 4.74 Å². The van der Waals surface area contributed by atoms with Crippen LogP contribution in [-0.2, 0) is 6.61 Å². The summed E-state index contributed by atoms with van der Waals surface area (Å²) in [5, 5.41) is 8.74. The molecule has 0 unspecified atom stereocenters. The number of hydrogen-bond acceptors (Lipinski definition) is 4. The van der Waals surface area contributed by atoms with Crippen molar-refractivity contribution in [2.24, 2.45) is 0 Å². The van der Waals surface area contributed by atoms with E-state index < -0.39 is 5.97 Å². The Morgan fingerprint density at radius 2 is 2.15 bits per heavy atom. The first-order chi connectivity index (χ1) is 9.49. The molecule has 0 fully saturated rings. The van der Waals surface area contributed by atoms with Crippen LogP contribution in [0.5, 0.6) is 5.75 Å². The lowest BCUT2D eigenvalue weighted by atomic mass is 10.1. The number of hydrogen-bond donors (Lipinski definition) is 1. The van der Waals surface area contributed by atoms with E-state index in [2.05, 4.69) is 9.97 Å². The molecule has 2 aromatic rings. The van der Waals surface area contributed by atoms with E-state index in [0.29, 0.717) is 5.82 Å². The maximum atomic E-state index is 10.8. The topological polar surface area (TPSA) is 72.3 Å². The number of aromatic carboxylic acids is 1. The van der Waals surface area contributed by atoms with Gasteiger partial charge >= 0.3 is 5.97 Å². The lowest BCUT2D eigenvalue weighted by Crippen LogP contribution is -2.07. The highest BCUT2D eigenvalue weighted by Crippen LogP contribution is 2.21. The maximum Gasteiger partial charge on any atom is 0.340 e. The minimum Gasteiger partial charge on any atom is -0.485 e. The zero-order chi connectivity index (χ0) is 14.7. The standard InChI is InChI=1S/C14H13ClN2O3/c1-8-4-3-5-11(9(8)2)20-7-12-16-6-10(14(18)19)13(15)17-12/h3-6H,7H2,1-2H3,(H,18,19). The van der Waals surface area contributed by atoms with E-state index in [9.17, 15) is 4.79 Å². The molecule has 0 aliphatic rings. The molecule has 1 aromatic carbocycles. The zero-order valence-electron chi connectivity index (χ0n) is 11.1. The molecular weight excluding hydrogens is 280 g/mol. The van der Waals surface area contributed by atoms with Gasteiger partial charge in [-0.1, -0.05) is 23.7 Å². The Hall–Kier alpha value is -2.14. The van der Waals surface area contributed by atoms with Gasteiger partial charge in [0.25, 0.3) is 0 Å². The SMILES string of the molecule is Cc1cccc(OCc2ncc(C(=O)O)c(Cl)n2)c1C. The van der Waals surface area contributed by atoms with Crippen molar-refractivity contribution in [3.8, 4) is 5.75 Å². The van der Waals surface area contributed by atoms with Crippen LogP contribution in [0.3, 0.4) is 0 Å². The number of aryl methyl sites for hydroxylation is 1. The van der Waals surface area contributed by atoms with Crippen LogP contribution in [0.25, 0.3) is 0 Å². The minimum atomic E-state index is -1.16. The van der Waals surface area contributed by atoms with E-state index in [1.165, 1.54) is 6.20 Å². The molecule has 0 aliphatic heterocycles. The van der Waals surface area contributed by atoms with Crippen LogP contribution in [0, 0.1) is 13.8 Å². The third kappa shape index (κ3) is 3.05. The van der Waals surface area contributed by atoms with Crippen molar-refractivity contribution in [3.63, 3.8) is 0 Å². The van der Waals surface area contributed by atoms with Gasteiger partial charge < -0.3 is 9.84 Å². The van der Waals surface area contributed by atoms with Gasteiger partial charge in [-0.2, -0.15) is 0 Å². The molecule has 1 heterocycles. The fraction of sp³-hybridized carbons (Fsp3) is 0.214. The summed E-state index contributed by atoms with van der Waals surface area (Å²) >= 11 is 5.78. The van der Waals surface area contributed by atoms with Gasteiger partial charge in [0, 0.05) is 6.20 Å². The summed E-state index contributed by atoms with van der Waals surface area (Å²) in [6.07, 6.45) is 1.18. The Morgan fingerprint density at radius 3 is 2.80 bits per heavy atom. The summed E-state index contributed by atoms with van der Waals surface area (Å²) in [4.78, 5) is 18.6. The molecule has 1 N–H and O–H groups in total. The summed E-state index contributed by atoms with van der Waals surface area (Å²) in [5.74, 6) is -0.0788. The second-order valence-corrected chi connectivity index (χ2v) is 4.64. The molecule has 0 saturated carbocycles. The number of benzene rings is 1. The smallest absolute Gasteiger partial charge is 0.340 e. The van der Waals surface area contributed by atoms with Gasteiger partial charge in [-0.3, -0.25) is 0 Å².